The van der Waals surface area contributed by atoms with Crippen LogP contribution in [0, 0.1) is 12.8 Å². The standard InChI is InChI=1S/C32H33NO3S/c1-25-18-20-30(21-19-25)37(34,35)36-31-22-23-33(24-26(31)2)32(27-12-6-3-7-13-27,28-14-8-4-9-15-28)29-16-10-5-11-17-29/h3-21,26,31H,22-24H2,1-2H3. The van der Waals surface area contributed by atoms with Crippen LogP contribution in [0.15, 0.2) is 120 Å². The number of rotatable bonds is 7. The molecule has 1 aliphatic rings. The van der Waals surface area contributed by atoms with E-state index >= 15 is 0 Å². The number of likely N-dealkylation sites (tertiary alicyclic amines) is 1. The van der Waals surface area contributed by atoms with Crippen LogP contribution in [0.1, 0.15) is 35.6 Å². The zero-order valence-corrected chi connectivity index (χ0v) is 22.1. The van der Waals surface area contributed by atoms with Crippen LogP contribution < -0.4 is 0 Å². The molecular formula is C32H33NO3S. The van der Waals surface area contributed by atoms with E-state index in [-0.39, 0.29) is 16.9 Å². The molecule has 1 saturated heterocycles. The van der Waals surface area contributed by atoms with Crippen LogP contribution in [0.3, 0.4) is 0 Å². The summed E-state index contributed by atoms with van der Waals surface area (Å²) in [5, 5.41) is 0. The van der Waals surface area contributed by atoms with Crippen molar-refractivity contribution in [1.29, 1.82) is 0 Å². The maximum Gasteiger partial charge on any atom is 0.297 e. The van der Waals surface area contributed by atoms with Gasteiger partial charge in [0.2, 0.25) is 0 Å². The van der Waals surface area contributed by atoms with Gasteiger partial charge < -0.3 is 0 Å². The van der Waals surface area contributed by atoms with Gasteiger partial charge in [-0.3, -0.25) is 9.08 Å². The number of aryl methyl sites for hydroxylation is 1. The Hall–Kier alpha value is -3.25. The molecule has 2 atom stereocenters. The van der Waals surface area contributed by atoms with Crippen LogP contribution >= 0.6 is 0 Å². The molecule has 0 N–H and O–H groups in total. The molecule has 4 nitrogen and oxygen atoms in total. The molecule has 0 amide bonds. The second-order valence-electron chi connectivity index (χ2n) is 9.92. The van der Waals surface area contributed by atoms with Crippen molar-refractivity contribution in [2.24, 2.45) is 5.92 Å². The van der Waals surface area contributed by atoms with Gasteiger partial charge in [-0.25, -0.2) is 0 Å². The van der Waals surface area contributed by atoms with Gasteiger partial charge in [0.15, 0.2) is 0 Å². The summed E-state index contributed by atoms with van der Waals surface area (Å²) >= 11 is 0. The molecule has 4 aromatic rings. The Bertz CT molecular complexity index is 1310. The molecule has 1 aliphatic heterocycles. The van der Waals surface area contributed by atoms with Gasteiger partial charge in [-0.05, 0) is 48.1 Å². The molecule has 0 spiro atoms. The lowest BCUT2D eigenvalue weighted by Crippen LogP contribution is -2.55. The molecule has 0 bridgehead atoms. The van der Waals surface area contributed by atoms with Gasteiger partial charge in [-0.15, -0.1) is 0 Å². The molecule has 0 saturated carbocycles. The summed E-state index contributed by atoms with van der Waals surface area (Å²) in [6.45, 7) is 5.41. The molecule has 0 radical (unpaired) electrons. The highest BCUT2D eigenvalue weighted by molar-refractivity contribution is 7.86. The molecule has 4 aromatic carbocycles. The minimum Gasteiger partial charge on any atom is -0.286 e. The molecule has 37 heavy (non-hydrogen) atoms. The molecule has 0 aromatic heterocycles. The van der Waals surface area contributed by atoms with E-state index in [1.807, 2.05) is 25.1 Å². The van der Waals surface area contributed by atoms with Crippen molar-refractivity contribution in [1.82, 2.24) is 4.90 Å². The van der Waals surface area contributed by atoms with Crippen molar-refractivity contribution in [2.75, 3.05) is 13.1 Å². The lowest BCUT2D eigenvalue weighted by molar-refractivity contribution is 0.0205. The fourth-order valence-electron chi connectivity index (χ4n) is 5.58. The molecule has 1 heterocycles. The van der Waals surface area contributed by atoms with Crippen molar-refractivity contribution in [2.45, 2.75) is 36.8 Å². The van der Waals surface area contributed by atoms with Gasteiger partial charge in [0.25, 0.3) is 10.1 Å². The number of nitrogens with zero attached hydrogens (tertiary/aromatic N) is 1. The molecule has 1 fully saturated rings. The monoisotopic (exact) mass is 511 g/mol. The summed E-state index contributed by atoms with van der Waals surface area (Å²) in [6, 6.07) is 38.6. The Morgan fingerprint density at radius 1 is 0.730 bits per heavy atom. The molecule has 0 aliphatic carbocycles. The highest BCUT2D eigenvalue weighted by atomic mass is 32.2. The molecular weight excluding hydrogens is 478 g/mol. The predicted molar refractivity (Wildman–Crippen MR) is 148 cm³/mol. The van der Waals surface area contributed by atoms with E-state index in [1.165, 1.54) is 16.7 Å². The van der Waals surface area contributed by atoms with Gasteiger partial charge in [-0.2, -0.15) is 8.42 Å². The van der Waals surface area contributed by atoms with Crippen molar-refractivity contribution in [3.63, 3.8) is 0 Å². The zero-order valence-electron chi connectivity index (χ0n) is 21.3. The van der Waals surface area contributed by atoms with E-state index in [9.17, 15) is 8.42 Å². The average molecular weight is 512 g/mol. The first-order valence-corrected chi connectivity index (χ1v) is 14.2. The zero-order chi connectivity index (χ0) is 25.9. The van der Waals surface area contributed by atoms with Crippen LogP contribution in [0.2, 0.25) is 0 Å². The number of piperidine rings is 1. The van der Waals surface area contributed by atoms with E-state index < -0.39 is 15.7 Å². The normalized spacial score (nSPS) is 19.0. The van der Waals surface area contributed by atoms with E-state index in [1.54, 1.807) is 24.3 Å². The summed E-state index contributed by atoms with van der Waals surface area (Å²) in [5.41, 5.74) is 4.06. The minimum absolute atomic E-state index is 0.00415. The first kappa shape index (κ1) is 25.4. The summed E-state index contributed by atoms with van der Waals surface area (Å²) in [6.07, 6.45) is 0.225. The number of hydrogen-bond acceptors (Lipinski definition) is 4. The topological polar surface area (TPSA) is 46.6 Å². The van der Waals surface area contributed by atoms with Crippen molar-refractivity contribution in [3.05, 3.63) is 138 Å². The fraction of sp³-hybridized carbons (Fsp3) is 0.250. The Balaban J connectivity index is 1.52. The summed E-state index contributed by atoms with van der Waals surface area (Å²) in [4.78, 5) is 2.70. The van der Waals surface area contributed by atoms with Crippen LogP contribution in [-0.4, -0.2) is 32.5 Å². The predicted octanol–water partition coefficient (Wildman–Crippen LogP) is 6.40. The van der Waals surface area contributed by atoms with Crippen molar-refractivity contribution < 1.29 is 12.6 Å². The van der Waals surface area contributed by atoms with E-state index in [2.05, 4.69) is 84.6 Å². The summed E-state index contributed by atoms with van der Waals surface area (Å²) in [7, 11) is -3.84. The largest absolute Gasteiger partial charge is 0.297 e. The van der Waals surface area contributed by atoms with Gasteiger partial charge in [0.1, 0.15) is 0 Å². The summed E-state index contributed by atoms with van der Waals surface area (Å²) in [5.74, 6) is 0.00415. The molecule has 5 rings (SSSR count). The van der Waals surface area contributed by atoms with Crippen molar-refractivity contribution >= 4 is 10.1 Å². The maximum atomic E-state index is 13.1. The van der Waals surface area contributed by atoms with E-state index in [4.69, 9.17) is 4.18 Å². The Morgan fingerprint density at radius 2 is 1.19 bits per heavy atom. The first-order valence-electron chi connectivity index (χ1n) is 12.8. The Morgan fingerprint density at radius 3 is 1.62 bits per heavy atom. The lowest BCUT2D eigenvalue weighted by Gasteiger charge is -2.50. The first-order chi connectivity index (χ1) is 17.9. The third-order valence-electron chi connectivity index (χ3n) is 7.44. The number of benzene rings is 4. The molecule has 5 heteroatoms. The fourth-order valence-corrected chi connectivity index (χ4v) is 6.77. The average Bonchev–Trinajstić information content (AvgIpc) is 2.93. The molecule has 2 unspecified atom stereocenters. The van der Waals surface area contributed by atoms with Gasteiger partial charge in [0, 0.05) is 13.1 Å². The quantitative estimate of drug-likeness (QED) is 0.213. The van der Waals surface area contributed by atoms with Gasteiger partial charge in [-0.1, -0.05) is 116 Å². The van der Waals surface area contributed by atoms with Crippen LogP contribution in [0.5, 0.6) is 0 Å². The maximum absolute atomic E-state index is 13.1. The Kier molecular flexibility index (Phi) is 7.29. The number of hydrogen-bond donors (Lipinski definition) is 0. The lowest BCUT2D eigenvalue weighted by atomic mass is 9.74. The second-order valence-corrected chi connectivity index (χ2v) is 11.5. The van der Waals surface area contributed by atoms with Crippen LogP contribution in [0.25, 0.3) is 0 Å². The third-order valence-corrected chi connectivity index (χ3v) is 8.79. The van der Waals surface area contributed by atoms with Crippen LogP contribution in [0.4, 0.5) is 0 Å². The second kappa shape index (κ2) is 10.6. The van der Waals surface area contributed by atoms with Gasteiger partial charge in [0.05, 0.1) is 16.5 Å². The van der Waals surface area contributed by atoms with E-state index in [0.717, 1.165) is 5.56 Å². The highest BCUT2D eigenvalue weighted by Gasteiger charge is 2.45. The Labute approximate surface area is 220 Å². The van der Waals surface area contributed by atoms with E-state index in [0.29, 0.717) is 19.5 Å². The minimum atomic E-state index is -3.84. The summed E-state index contributed by atoms with van der Waals surface area (Å²) < 4.78 is 32.0. The SMILES string of the molecule is Cc1ccc(S(=O)(=O)OC2CCN(C(c3ccccc3)(c3ccccc3)c3ccccc3)CC2C)cc1. The third kappa shape index (κ3) is 4.99. The van der Waals surface area contributed by atoms with Gasteiger partial charge >= 0.3 is 0 Å². The van der Waals surface area contributed by atoms with Crippen LogP contribution in [-0.2, 0) is 19.8 Å². The molecule has 190 valence electrons. The van der Waals surface area contributed by atoms with Crippen molar-refractivity contribution in [3.8, 4) is 0 Å². The highest BCUT2D eigenvalue weighted by Crippen LogP contribution is 2.44. The smallest absolute Gasteiger partial charge is 0.286 e.